The van der Waals surface area contributed by atoms with Crippen molar-refractivity contribution in [1.82, 2.24) is 4.98 Å². The Labute approximate surface area is 192 Å². The lowest BCUT2D eigenvalue weighted by molar-refractivity contribution is 0.112. The quantitative estimate of drug-likeness (QED) is 0.204. The molecule has 4 rings (SSSR count). The third-order valence-electron chi connectivity index (χ3n) is 6.01. The molecule has 33 heavy (non-hydrogen) atoms. The molecule has 1 aromatic heterocycles. The van der Waals surface area contributed by atoms with E-state index in [1.165, 1.54) is 12.1 Å². The molecule has 5 nitrogen and oxygen atoms in total. The number of ether oxygens (including phenoxy) is 1. The molecule has 1 N–H and O–H groups in total. The molecule has 1 atom stereocenters. The number of nitrogens with one attached hydrogen (secondary N) is 1. The van der Waals surface area contributed by atoms with Crippen LogP contribution in [0.1, 0.15) is 40.9 Å². The Balaban J connectivity index is 1.69. The molecule has 1 unspecified atom stereocenters. The van der Waals surface area contributed by atoms with Gasteiger partial charge in [-0.1, -0.05) is 18.7 Å². The van der Waals surface area contributed by atoms with Crippen LogP contribution in [0.2, 0.25) is 0 Å². The first-order chi connectivity index (χ1) is 15.8. The maximum Gasteiger partial charge on any atom is 0.150 e. The minimum absolute atomic E-state index is 0.240. The summed E-state index contributed by atoms with van der Waals surface area (Å²) in [6.07, 6.45) is 6.07. The molecule has 0 amide bonds. The predicted octanol–water partition coefficient (Wildman–Crippen LogP) is 5.88. The van der Waals surface area contributed by atoms with E-state index in [1.54, 1.807) is 24.5 Å². The molecule has 1 aliphatic heterocycles. The topological polar surface area (TPSA) is 66.9 Å². The summed E-state index contributed by atoms with van der Waals surface area (Å²) in [4.78, 5) is 20.2. The molecule has 0 radical (unpaired) electrons. The first-order valence-corrected chi connectivity index (χ1v) is 10.7. The van der Waals surface area contributed by atoms with Crippen molar-refractivity contribution in [3.05, 3.63) is 89.5 Å². The van der Waals surface area contributed by atoms with Gasteiger partial charge in [0.1, 0.15) is 17.7 Å². The first kappa shape index (κ1) is 22.6. The zero-order valence-electron chi connectivity index (χ0n) is 19.0. The summed E-state index contributed by atoms with van der Waals surface area (Å²) in [5.41, 5.74) is 5.95. The summed E-state index contributed by atoms with van der Waals surface area (Å²) < 4.78 is 19.7. The highest BCUT2D eigenvalue weighted by Gasteiger charge is 2.42. The van der Waals surface area contributed by atoms with Gasteiger partial charge < -0.3 is 10.1 Å². The Kier molecular flexibility index (Phi) is 6.20. The number of benzene rings is 2. The number of rotatable bonds is 8. The van der Waals surface area contributed by atoms with Crippen LogP contribution in [0.4, 0.5) is 10.1 Å². The van der Waals surface area contributed by atoms with Crippen molar-refractivity contribution in [2.45, 2.75) is 32.9 Å². The van der Waals surface area contributed by atoms with E-state index in [2.05, 4.69) is 21.9 Å². The summed E-state index contributed by atoms with van der Waals surface area (Å²) in [5.74, 6) is -0.358. The number of anilines is 1. The van der Waals surface area contributed by atoms with Crippen molar-refractivity contribution in [1.29, 1.82) is 0 Å². The Bertz CT molecular complexity index is 1310. The predicted molar refractivity (Wildman–Crippen MR) is 131 cm³/mol. The molecule has 1 fully saturated rings. The minimum atomic E-state index is -0.358. The zero-order chi connectivity index (χ0) is 23.6. The molecular formula is C27H26FN3O2. The molecule has 0 saturated carbocycles. The normalized spacial score (nSPS) is 18.3. The lowest BCUT2D eigenvalue weighted by Gasteiger charge is -2.14. The molecule has 0 bridgehead atoms. The van der Waals surface area contributed by atoms with Crippen LogP contribution < -0.4 is 5.32 Å². The average molecular weight is 444 g/mol. The number of aryl methyl sites for hydroxylation is 1. The third-order valence-corrected chi connectivity index (χ3v) is 6.01. The number of aliphatic imine (C=N–C) groups is 1. The van der Waals surface area contributed by atoms with Crippen LogP contribution >= 0.6 is 0 Å². The van der Waals surface area contributed by atoms with E-state index in [-0.39, 0.29) is 18.0 Å². The molecule has 6 heteroatoms. The molecule has 1 saturated heterocycles. The number of carbonyl (C=O) groups excluding carboxylic acids is 1. The van der Waals surface area contributed by atoms with Crippen molar-refractivity contribution in [3.8, 4) is 0 Å². The average Bonchev–Trinajstić information content (AvgIpc) is 3.58. The summed E-state index contributed by atoms with van der Waals surface area (Å²) in [6, 6.07) is 10.3. The highest BCUT2D eigenvalue weighted by Crippen LogP contribution is 2.31. The van der Waals surface area contributed by atoms with Gasteiger partial charge in [0, 0.05) is 46.9 Å². The second kappa shape index (κ2) is 9.08. The van der Waals surface area contributed by atoms with Gasteiger partial charge in [-0.25, -0.2) is 4.39 Å². The summed E-state index contributed by atoms with van der Waals surface area (Å²) in [6.45, 7) is 10.8. The molecule has 3 aromatic rings. The number of hydrogen-bond acceptors (Lipinski definition) is 5. The second-order valence-corrected chi connectivity index (χ2v) is 8.39. The Hall–Kier alpha value is -3.64. The van der Waals surface area contributed by atoms with Gasteiger partial charge in [-0.05, 0) is 67.8 Å². The monoisotopic (exact) mass is 443 g/mol. The summed E-state index contributed by atoms with van der Waals surface area (Å²) >= 11 is 0. The van der Waals surface area contributed by atoms with Crippen molar-refractivity contribution in [2.75, 3.05) is 11.9 Å². The van der Waals surface area contributed by atoms with E-state index in [0.717, 1.165) is 39.0 Å². The number of fused-ring (bicyclic) bond motifs is 1. The van der Waals surface area contributed by atoms with E-state index >= 15 is 0 Å². The number of pyridine rings is 1. The van der Waals surface area contributed by atoms with Crippen LogP contribution in [0, 0.1) is 12.7 Å². The fraction of sp³-hybridized carbons (Fsp3) is 0.222. The largest absolute Gasteiger partial charge is 0.380 e. The molecule has 0 aliphatic carbocycles. The Morgan fingerprint density at radius 1 is 1.33 bits per heavy atom. The van der Waals surface area contributed by atoms with E-state index in [9.17, 15) is 9.18 Å². The van der Waals surface area contributed by atoms with Gasteiger partial charge in [0.2, 0.25) is 0 Å². The van der Waals surface area contributed by atoms with Crippen LogP contribution in [0.3, 0.4) is 0 Å². The van der Waals surface area contributed by atoms with Gasteiger partial charge in [0.15, 0.2) is 0 Å². The maximum absolute atomic E-state index is 14.3. The number of allylic oxidation sites excluding steroid dienone is 2. The van der Waals surface area contributed by atoms with Gasteiger partial charge in [0.05, 0.1) is 12.1 Å². The highest BCUT2D eigenvalue weighted by molar-refractivity contribution is 5.96. The van der Waals surface area contributed by atoms with Crippen molar-refractivity contribution in [3.63, 3.8) is 0 Å². The number of epoxide rings is 1. The Morgan fingerprint density at radius 2 is 2.12 bits per heavy atom. The molecule has 1 aliphatic rings. The van der Waals surface area contributed by atoms with Gasteiger partial charge >= 0.3 is 0 Å². The number of hydrogen-bond donors (Lipinski definition) is 1. The smallest absolute Gasteiger partial charge is 0.150 e. The van der Waals surface area contributed by atoms with Crippen LogP contribution in [0.15, 0.2) is 66.4 Å². The molecule has 2 heterocycles. The van der Waals surface area contributed by atoms with E-state index < -0.39 is 0 Å². The summed E-state index contributed by atoms with van der Waals surface area (Å²) in [7, 11) is 0. The van der Waals surface area contributed by atoms with Crippen LogP contribution in [0.5, 0.6) is 0 Å². The molecule has 168 valence electrons. The van der Waals surface area contributed by atoms with E-state index in [4.69, 9.17) is 4.74 Å². The van der Waals surface area contributed by atoms with Crippen molar-refractivity contribution < 1.29 is 13.9 Å². The highest BCUT2D eigenvalue weighted by atomic mass is 19.1. The van der Waals surface area contributed by atoms with E-state index in [0.29, 0.717) is 24.0 Å². The van der Waals surface area contributed by atoms with E-state index in [1.807, 2.05) is 39.0 Å². The lowest BCUT2D eigenvalue weighted by Crippen LogP contribution is -2.16. The Morgan fingerprint density at radius 3 is 2.82 bits per heavy atom. The van der Waals surface area contributed by atoms with Gasteiger partial charge in [0.25, 0.3) is 0 Å². The van der Waals surface area contributed by atoms with Gasteiger partial charge in [-0.3, -0.25) is 14.8 Å². The first-order valence-electron chi connectivity index (χ1n) is 10.7. The summed E-state index contributed by atoms with van der Waals surface area (Å²) in [5, 5.41) is 4.25. The van der Waals surface area contributed by atoms with Crippen molar-refractivity contribution in [2.24, 2.45) is 4.99 Å². The molecule has 0 spiro atoms. The van der Waals surface area contributed by atoms with Crippen molar-refractivity contribution >= 4 is 34.2 Å². The molecule has 2 aromatic carbocycles. The van der Waals surface area contributed by atoms with Gasteiger partial charge in [-0.2, -0.15) is 0 Å². The second-order valence-electron chi connectivity index (χ2n) is 8.39. The molecular weight excluding hydrogens is 417 g/mol. The number of aromatic nitrogens is 1. The van der Waals surface area contributed by atoms with Gasteiger partial charge in [-0.15, -0.1) is 0 Å². The number of carbonyl (C=O) groups is 1. The fourth-order valence-corrected chi connectivity index (χ4v) is 3.56. The third kappa shape index (κ3) is 4.76. The fourth-order valence-electron chi connectivity index (χ4n) is 3.56. The van der Waals surface area contributed by atoms with Crippen LogP contribution in [-0.4, -0.2) is 29.2 Å². The lowest BCUT2D eigenvalue weighted by atomic mass is 10.0. The van der Waals surface area contributed by atoms with Crippen LogP contribution in [0.25, 0.3) is 16.5 Å². The van der Waals surface area contributed by atoms with Crippen LogP contribution in [-0.2, 0) is 11.3 Å². The number of nitrogens with zero attached hydrogens (tertiary/aromatic N) is 2. The maximum atomic E-state index is 14.3. The minimum Gasteiger partial charge on any atom is -0.380 e. The number of aldehydes is 1. The standard InChI is InChI=1S/C27H26FN3O2/c1-5-20(13-29-18(3)27(4)16-33-27)21-7-9-25-23(11-21)26(17(2)12-30-25)31-14-22-10-19(15-32)6-8-24(22)28/h5-13,15H,1,14,16H2,2-4H3,(H,30,31)/b20-13+,29-18?. The SMILES string of the molecule is C=C/C(=C\N=C(C)C1(C)CO1)c1ccc2ncc(C)c(NCc3cc(C=O)ccc3F)c2c1. The number of halogens is 1. The zero-order valence-corrected chi connectivity index (χ0v) is 19.0.